The van der Waals surface area contributed by atoms with E-state index in [0.717, 1.165) is 0 Å². The highest BCUT2D eigenvalue weighted by Gasteiger charge is 2.21. The van der Waals surface area contributed by atoms with E-state index in [1.807, 2.05) is 0 Å². The van der Waals surface area contributed by atoms with Gasteiger partial charge in [0, 0.05) is 19.2 Å². The smallest absolute Gasteiger partial charge is 0.338 e. The molecule has 0 aliphatic carbocycles. The molecule has 0 saturated carbocycles. The van der Waals surface area contributed by atoms with Gasteiger partial charge in [-0.1, -0.05) is 0 Å². The second-order valence-corrected chi connectivity index (χ2v) is 8.51. The Hall–Kier alpha value is -2.53. The maximum Gasteiger partial charge on any atom is 0.342 e. The van der Waals surface area contributed by atoms with Gasteiger partial charge in [0.15, 0.2) is 0 Å². The molecule has 9 nitrogen and oxygen atoms in total. The number of aromatic amines is 1. The number of H-pyrrole nitrogens is 1. The van der Waals surface area contributed by atoms with Crippen molar-refractivity contribution in [1.82, 2.24) is 19.6 Å². The van der Waals surface area contributed by atoms with Gasteiger partial charge in [-0.3, -0.25) is 14.3 Å². The lowest BCUT2D eigenvalue weighted by Crippen LogP contribution is -2.30. The molecule has 1 aliphatic heterocycles. The molecule has 2 N–H and O–H groups in total. The van der Waals surface area contributed by atoms with Crippen LogP contribution in [0, 0.1) is 0 Å². The predicted octanol–water partition coefficient (Wildman–Crippen LogP) is 1.31. The van der Waals surface area contributed by atoms with Crippen molar-refractivity contribution in [2.24, 2.45) is 4.40 Å². The van der Waals surface area contributed by atoms with Crippen LogP contribution in [-0.4, -0.2) is 42.0 Å². The summed E-state index contributed by atoms with van der Waals surface area (Å²) in [6, 6.07) is 1.77. The Balaban J connectivity index is 1.66. The molecule has 0 bridgehead atoms. The van der Waals surface area contributed by atoms with Crippen LogP contribution in [0.2, 0.25) is 0 Å². The molecule has 27 heavy (non-hydrogen) atoms. The highest BCUT2D eigenvalue weighted by atomic mass is 32.2. The Bertz CT molecular complexity index is 1130. The Morgan fingerprint density at radius 2 is 2.07 bits per heavy atom. The Kier molecular flexibility index (Phi) is 5.16. The Morgan fingerprint density at radius 3 is 2.78 bits per heavy atom. The van der Waals surface area contributed by atoms with Crippen LogP contribution in [0.1, 0.15) is 32.5 Å². The Labute approximate surface area is 160 Å². The number of hydrogen-bond acceptors (Lipinski definition) is 6. The van der Waals surface area contributed by atoms with Gasteiger partial charge in [0.2, 0.25) is 5.91 Å². The molecule has 0 atom stereocenters. The summed E-state index contributed by atoms with van der Waals surface area (Å²) >= 11 is 1.32. The zero-order chi connectivity index (χ0) is 19.8. The first-order valence-electron chi connectivity index (χ1n) is 8.16. The standard InChI is InChI=1S/C16H19N5O4S2/c1-9-11(10(2)20-27(24,25)19-9)4-5-14(22)21(3)8-13-17-12-6-7-26-15(12)16(23)18-13/h6-7,19H,4-5,8H2,1-3H3,(H,17,18,23). The summed E-state index contributed by atoms with van der Waals surface area (Å²) in [5, 5.41) is 1.80. The van der Waals surface area contributed by atoms with Gasteiger partial charge >= 0.3 is 10.2 Å². The quantitative estimate of drug-likeness (QED) is 0.770. The molecule has 0 aromatic carbocycles. The number of amides is 1. The molecule has 1 aliphatic rings. The van der Waals surface area contributed by atoms with Crippen molar-refractivity contribution in [3.63, 3.8) is 0 Å². The number of aromatic nitrogens is 2. The van der Waals surface area contributed by atoms with E-state index in [1.54, 1.807) is 32.3 Å². The topological polar surface area (TPSA) is 125 Å². The number of allylic oxidation sites excluding steroid dienone is 2. The van der Waals surface area contributed by atoms with Gasteiger partial charge in [-0.25, -0.2) is 4.98 Å². The molecule has 2 aromatic heterocycles. The van der Waals surface area contributed by atoms with Crippen molar-refractivity contribution >= 4 is 43.4 Å². The molecule has 0 radical (unpaired) electrons. The molecule has 0 fully saturated rings. The summed E-state index contributed by atoms with van der Waals surface area (Å²) in [6.07, 6.45) is 0.545. The summed E-state index contributed by atoms with van der Waals surface area (Å²) in [6.45, 7) is 3.43. The van der Waals surface area contributed by atoms with Crippen molar-refractivity contribution in [3.8, 4) is 0 Å². The van der Waals surface area contributed by atoms with Crippen LogP contribution >= 0.6 is 11.3 Å². The van der Waals surface area contributed by atoms with Gasteiger partial charge in [0.25, 0.3) is 5.56 Å². The lowest BCUT2D eigenvalue weighted by atomic mass is 10.0. The van der Waals surface area contributed by atoms with Crippen LogP contribution in [-0.2, 0) is 21.5 Å². The number of nitrogens with zero attached hydrogens (tertiary/aromatic N) is 3. The van der Waals surface area contributed by atoms with Crippen LogP contribution in [0.15, 0.2) is 31.9 Å². The SMILES string of the molecule is CC1=NS(=O)(=O)NC(C)=C1CCC(=O)N(C)Cc1nc2ccsc2c(=O)[nH]1. The Morgan fingerprint density at radius 1 is 1.33 bits per heavy atom. The third kappa shape index (κ3) is 4.25. The molecular formula is C16H19N5O4S2. The van der Waals surface area contributed by atoms with E-state index in [2.05, 4.69) is 19.1 Å². The van der Waals surface area contributed by atoms with Crippen LogP contribution in [0.5, 0.6) is 0 Å². The number of nitrogens with one attached hydrogen (secondary N) is 2. The molecule has 2 aromatic rings. The van der Waals surface area contributed by atoms with Gasteiger partial charge in [0.1, 0.15) is 10.5 Å². The minimum absolute atomic E-state index is 0.149. The van der Waals surface area contributed by atoms with E-state index in [4.69, 9.17) is 0 Å². The number of carbonyl (C=O) groups excluding carboxylic acids is 1. The first-order valence-corrected chi connectivity index (χ1v) is 10.5. The zero-order valence-corrected chi connectivity index (χ0v) is 16.7. The predicted molar refractivity (Wildman–Crippen MR) is 104 cm³/mol. The van der Waals surface area contributed by atoms with Crippen LogP contribution in [0.4, 0.5) is 0 Å². The lowest BCUT2D eigenvalue weighted by molar-refractivity contribution is -0.130. The average molecular weight is 409 g/mol. The van der Waals surface area contributed by atoms with Gasteiger partial charge < -0.3 is 9.88 Å². The van der Waals surface area contributed by atoms with E-state index < -0.39 is 10.2 Å². The van der Waals surface area contributed by atoms with Gasteiger partial charge in [-0.15, -0.1) is 15.7 Å². The van der Waals surface area contributed by atoms with Crippen molar-refractivity contribution in [2.75, 3.05) is 7.05 Å². The van der Waals surface area contributed by atoms with Crippen molar-refractivity contribution in [3.05, 3.63) is 38.9 Å². The van der Waals surface area contributed by atoms with Crippen molar-refractivity contribution < 1.29 is 13.2 Å². The van der Waals surface area contributed by atoms with Crippen LogP contribution in [0.3, 0.4) is 0 Å². The summed E-state index contributed by atoms with van der Waals surface area (Å²) in [7, 11) is -2.05. The zero-order valence-electron chi connectivity index (χ0n) is 15.1. The van der Waals surface area contributed by atoms with E-state index in [9.17, 15) is 18.0 Å². The maximum atomic E-state index is 12.4. The van der Waals surface area contributed by atoms with Gasteiger partial charge in [0.05, 0.1) is 17.8 Å². The fourth-order valence-electron chi connectivity index (χ4n) is 2.89. The lowest BCUT2D eigenvalue weighted by Gasteiger charge is -2.20. The third-order valence-electron chi connectivity index (χ3n) is 4.19. The highest BCUT2D eigenvalue weighted by molar-refractivity contribution is 7.88. The first-order chi connectivity index (χ1) is 12.7. The molecule has 0 unspecified atom stereocenters. The largest absolute Gasteiger partial charge is 0.342 e. The van der Waals surface area contributed by atoms with E-state index >= 15 is 0 Å². The number of carbonyl (C=O) groups is 1. The van der Waals surface area contributed by atoms with E-state index in [1.165, 1.54) is 16.2 Å². The van der Waals surface area contributed by atoms with Gasteiger partial charge in [-0.05, 0) is 37.3 Å². The summed E-state index contributed by atoms with van der Waals surface area (Å²) in [5.41, 5.74) is 1.97. The molecule has 0 saturated heterocycles. The normalized spacial score (nSPS) is 16.2. The van der Waals surface area contributed by atoms with Crippen LogP contribution < -0.4 is 10.3 Å². The summed E-state index contributed by atoms with van der Waals surface area (Å²) in [5.74, 6) is 0.268. The number of rotatable bonds is 5. The monoisotopic (exact) mass is 409 g/mol. The molecular weight excluding hydrogens is 390 g/mol. The second kappa shape index (κ2) is 7.24. The van der Waals surface area contributed by atoms with Gasteiger partial charge in [-0.2, -0.15) is 8.42 Å². The van der Waals surface area contributed by atoms with Crippen LogP contribution in [0.25, 0.3) is 10.2 Å². The maximum absolute atomic E-state index is 12.4. The van der Waals surface area contributed by atoms with Crippen molar-refractivity contribution in [1.29, 1.82) is 0 Å². The highest BCUT2D eigenvalue weighted by Crippen LogP contribution is 2.19. The fraction of sp³-hybridized carbons (Fsp3) is 0.375. The van der Waals surface area contributed by atoms with E-state index in [-0.39, 0.29) is 24.4 Å². The van der Waals surface area contributed by atoms with E-state index in [0.29, 0.717) is 39.4 Å². The minimum atomic E-state index is -3.68. The summed E-state index contributed by atoms with van der Waals surface area (Å²) in [4.78, 5) is 33.0. The number of fused-ring (bicyclic) bond motifs is 1. The van der Waals surface area contributed by atoms with Crippen molar-refractivity contribution in [2.45, 2.75) is 33.2 Å². The molecule has 1 amide bonds. The third-order valence-corrected chi connectivity index (χ3v) is 6.17. The average Bonchev–Trinajstić information content (AvgIpc) is 3.01. The second-order valence-electron chi connectivity index (χ2n) is 6.25. The molecule has 11 heteroatoms. The minimum Gasteiger partial charge on any atom is -0.338 e. The number of hydrogen-bond donors (Lipinski definition) is 2. The molecule has 3 heterocycles. The molecule has 3 rings (SSSR count). The summed E-state index contributed by atoms with van der Waals surface area (Å²) < 4.78 is 29.6. The first kappa shape index (κ1) is 19.2. The fourth-order valence-corrected chi connectivity index (χ4v) is 4.64. The molecule has 144 valence electrons. The number of thiophene rings is 1. The molecule has 0 spiro atoms.